The highest BCUT2D eigenvalue weighted by atomic mass is 16.3. The van der Waals surface area contributed by atoms with E-state index in [0.717, 1.165) is 19.3 Å². The molecule has 16 heavy (non-hydrogen) atoms. The van der Waals surface area contributed by atoms with Gasteiger partial charge in [0.15, 0.2) is 0 Å². The molecule has 0 bridgehead atoms. The number of nitrogens with one attached hydrogen (secondary N) is 1. The third-order valence-electron chi connectivity index (χ3n) is 2.82. The van der Waals surface area contributed by atoms with E-state index in [9.17, 15) is 4.79 Å². The normalized spacial score (nSPS) is 14.9. The molecule has 0 fully saturated rings. The summed E-state index contributed by atoms with van der Waals surface area (Å²) in [4.78, 5) is 11.6. The van der Waals surface area contributed by atoms with E-state index in [1.807, 2.05) is 13.8 Å². The summed E-state index contributed by atoms with van der Waals surface area (Å²) in [6.07, 6.45) is 2.83. The SMILES string of the molecule is CCCC(CCO)CNC(=O)[C@H](N)C(C)C. The molecule has 0 rings (SSSR count). The number of carbonyl (C=O) groups is 1. The Bertz CT molecular complexity index is 189. The highest BCUT2D eigenvalue weighted by Gasteiger charge is 2.17. The molecule has 0 aromatic carbocycles. The molecule has 0 heterocycles. The van der Waals surface area contributed by atoms with Crippen LogP contribution in [-0.2, 0) is 4.79 Å². The van der Waals surface area contributed by atoms with Gasteiger partial charge in [0.2, 0.25) is 5.91 Å². The Morgan fingerprint density at radius 3 is 2.44 bits per heavy atom. The monoisotopic (exact) mass is 230 g/mol. The minimum Gasteiger partial charge on any atom is -0.396 e. The molecule has 0 saturated heterocycles. The fourth-order valence-corrected chi connectivity index (χ4v) is 1.60. The second kappa shape index (κ2) is 8.53. The van der Waals surface area contributed by atoms with Gasteiger partial charge in [0.25, 0.3) is 0 Å². The van der Waals surface area contributed by atoms with Crippen molar-refractivity contribution in [2.24, 2.45) is 17.6 Å². The quantitative estimate of drug-likeness (QED) is 0.579. The van der Waals surface area contributed by atoms with Crippen LogP contribution in [0.5, 0.6) is 0 Å². The second-order valence-corrected chi connectivity index (χ2v) is 4.68. The summed E-state index contributed by atoms with van der Waals surface area (Å²) >= 11 is 0. The molecule has 1 unspecified atom stereocenters. The summed E-state index contributed by atoms with van der Waals surface area (Å²) in [5, 5.41) is 11.7. The van der Waals surface area contributed by atoms with Crippen molar-refractivity contribution in [1.29, 1.82) is 0 Å². The maximum absolute atomic E-state index is 11.6. The highest BCUT2D eigenvalue weighted by Crippen LogP contribution is 2.09. The average Bonchev–Trinajstić information content (AvgIpc) is 2.24. The van der Waals surface area contributed by atoms with Gasteiger partial charge in [-0.3, -0.25) is 4.79 Å². The Balaban J connectivity index is 3.94. The summed E-state index contributed by atoms with van der Waals surface area (Å²) in [5.74, 6) is 0.426. The van der Waals surface area contributed by atoms with E-state index in [0.29, 0.717) is 12.5 Å². The van der Waals surface area contributed by atoms with Gasteiger partial charge in [-0.1, -0.05) is 27.2 Å². The Morgan fingerprint density at radius 1 is 1.38 bits per heavy atom. The van der Waals surface area contributed by atoms with Crippen LogP contribution in [0.3, 0.4) is 0 Å². The molecule has 96 valence electrons. The molecule has 2 atom stereocenters. The van der Waals surface area contributed by atoms with Crippen LogP contribution in [0.1, 0.15) is 40.0 Å². The van der Waals surface area contributed by atoms with E-state index in [1.165, 1.54) is 0 Å². The van der Waals surface area contributed by atoms with Crippen LogP contribution in [-0.4, -0.2) is 30.2 Å². The van der Waals surface area contributed by atoms with Crippen molar-refractivity contribution in [3.8, 4) is 0 Å². The lowest BCUT2D eigenvalue weighted by Gasteiger charge is -2.19. The molecule has 4 N–H and O–H groups in total. The van der Waals surface area contributed by atoms with E-state index >= 15 is 0 Å². The molecule has 4 nitrogen and oxygen atoms in total. The van der Waals surface area contributed by atoms with Crippen LogP contribution < -0.4 is 11.1 Å². The van der Waals surface area contributed by atoms with Crippen LogP contribution in [0, 0.1) is 11.8 Å². The Morgan fingerprint density at radius 2 is 2.00 bits per heavy atom. The van der Waals surface area contributed by atoms with E-state index in [4.69, 9.17) is 10.8 Å². The Kier molecular flexibility index (Phi) is 8.21. The zero-order chi connectivity index (χ0) is 12.6. The van der Waals surface area contributed by atoms with Crippen molar-refractivity contribution in [1.82, 2.24) is 5.32 Å². The predicted octanol–water partition coefficient (Wildman–Crippen LogP) is 0.885. The van der Waals surface area contributed by atoms with Gasteiger partial charge in [0.05, 0.1) is 6.04 Å². The minimum atomic E-state index is -0.434. The number of hydrogen-bond donors (Lipinski definition) is 3. The van der Waals surface area contributed by atoms with E-state index in [-0.39, 0.29) is 18.4 Å². The average molecular weight is 230 g/mol. The van der Waals surface area contributed by atoms with Crippen molar-refractivity contribution in [2.75, 3.05) is 13.2 Å². The first-order valence-electron chi connectivity index (χ1n) is 6.17. The van der Waals surface area contributed by atoms with Gasteiger partial charge in [-0.2, -0.15) is 0 Å². The van der Waals surface area contributed by atoms with Crippen LogP contribution >= 0.6 is 0 Å². The summed E-state index contributed by atoms with van der Waals surface area (Å²) in [6.45, 7) is 6.76. The lowest BCUT2D eigenvalue weighted by atomic mass is 9.99. The molecule has 0 aromatic heterocycles. The van der Waals surface area contributed by atoms with Crippen LogP contribution in [0.2, 0.25) is 0 Å². The fraction of sp³-hybridized carbons (Fsp3) is 0.917. The predicted molar refractivity (Wildman–Crippen MR) is 65.9 cm³/mol. The molecular weight excluding hydrogens is 204 g/mol. The molecular formula is C12H26N2O2. The number of nitrogens with two attached hydrogens (primary N) is 1. The van der Waals surface area contributed by atoms with Gasteiger partial charge in [0, 0.05) is 13.2 Å². The zero-order valence-electron chi connectivity index (χ0n) is 10.7. The molecule has 0 spiro atoms. The van der Waals surface area contributed by atoms with Gasteiger partial charge >= 0.3 is 0 Å². The molecule has 0 aliphatic carbocycles. The van der Waals surface area contributed by atoms with Gasteiger partial charge in [-0.25, -0.2) is 0 Å². The number of amides is 1. The third-order valence-corrected chi connectivity index (χ3v) is 2.82. The number of rotatable bonds is 8. The summed E-state index contributed by atoms with van der Waals surface area (Å²) in [7, 11) is 0. The topological polar surface area (TPSA) is 75.3 Å². The molecule has 0 aliphatic rings. The van der Waals surface area contributed by atoms with E-state index < -0.39 is 6.04 Å². The fourth-order valence-electron chi connectivity index (χ4n) is 1.60. The summed E-state index contributed by atoms with van der Waals surface area (Å²) in [6, 6.07) is -0.434. The van der Waals surface area contributed by atoms with Crippen molar-refractivity contribution in [2.45, 2.75) is 46.1 Å². The number of hydrogen-bond acceptors (Lipinski definition) is 3. The zero-order valence-corrected chi connectivity index (χ0v) is 10.7. The van der Waals surface area contributed by atoms with Crippen molar-refractivity contribution < 1.29 is 9.90 Å². The van der Waals surface area contributed by atoms with Gasteiger partial charge in [-0.05, 0) is 24.7 Å². The Labute approximate surface area is 98.6 Å². The van der Waals surface area contributed by atoms with Gasteiger partial charge in [-0.15, -0.1) is 0 Å². The maximum atomic E-state index is 11.6. The highest BCUT2D eigenvalue weighted by molar-refractivity contribution is 5.81. The molecule has 0 aliphatic heterocycles. The van der Waals surface area contributed by atoms with Crippen molar-refractivity contribution in [3.63, 3.8) is 0 Å². The van der Waals surface area contributed by atoms with Crippen LogP contribution in [0.25, 0.3) is 0 Å². The third kappa shape index (κ3) is 6.08. The largest absolute Gasteiger partial charge is 0.396 e. The van der Waals surface area contributed by atoms with Gasteiger partial charge < -0.3 is 16.2 Å². The van der Waals surface area contributed by atoms with Crippen LogP contribution in [0.15, 0.2) is 0 Å². The van der Waals surface area contributed by atoms with Crippen molar-refractivity contribution in [3.05, 3.63) is 0 Å². The van der Waals surface area contributed by atoms with Gasteiger partial charge in [0.1, 0.15) is 0 Å². The second-order valence-electron chi connectivity index (χ2n) is 4.68. The number of carbonyl (C=O) groups excluding carboxylic acids is 1. The van der Waals surface area contributed by atoms with Crippen molar-refractivity contribution >= 4 is 5.91 Å². The number of aliphatic hydroxyl groups excluding tert-OH is 1. The number of aliphatic hydroxyl groups is 1. The molecule has 0 aromatic rings. The lowest BCUT2D eigenvalue weighted by Crippen LogP contribution is -2.45. The summed E-state index contributed by atoms with van der Waals surface area (Å²) < 4.78 is 0. The standard InChI is InChI=1S/C12H26N2O2/c1-4-5-10(6-7-15)8-14-12(16)11(13)9(2)3/h9-11,15H,4-8,13H2,1-3H3,(H,14,16)/t10?,11-/m1/s1. The molecule has 0 radical (unpaired) electrons. The van der Waals surface area contributed by atoms with E-state index in [2.05, 4.69) is 12.2 Å². The minimum absolute atomic E-state index is 0.0888. The summed E-state index contributed by atoms with van der Waals surface area (Å²) in [5.41, 5.74) is 5.73. The van der Waals surface area contributed by atoms with E-state index in [1.54, 1.807) is 0 Å². The Hall–Kier alpha value is -0.610. The first-order valence-corrected chi connectivity index (χ1v) is 6.17. The van der Waals surface area contributed by atoms with Crippen LogP contribution in [0.4, 0.5) is 0 Å². The smallest absolute Gasteiger partial charge is 0.237 e. The maximum Gasteiger partial charge on any atom is 0.237 e. The molecule has 0 saturated carbocycles. The lowest BCUT2D eigenvalue weighted by molar-refractivity contribution is -0.123. The molecule has 4 heteroatoms. The first kappa shape index (κ1) is 15.4. The first-order chi connectivity index (χ1) is 7.52. The molecule has 1 amide bonds.